The lowest BCUT2D eigenvalue weighted by Crippen LogP contribution is -2.09. The first-order valence-corrected chi connectivity index (χ1v) is 9.86. The molecule has 0 aliphatic carbocycles. The van der Waals surface area contributed by atoms with Crippen molar-refractivity contribution < 1.29 is 13.2 Å². The van der Waals surface area contributed by atoms with Gasteiger partial charge in [-0.05, 0) is 29.8 Å². The van der Waals surface area contributed by atoms with E-state index < -0.39 is 11.7 Å². The molecule has 1 N–H and O–H groups in total. The first-order chi connectivity index (χ1) is 13.8. The number of aromatic nitrogens is 3. The van der Waals surface area contributed by atoms with Gasteiger partial charge in [-0.3, -0.25) is 0 Å². The summed E-state index contributed by atoms with van der Waals surface area (Å²) >= 11 is 13.7. The maximum atomic E-state index is 13.3. The Morgan fingerprint density at radius 3 is 2.41 bits per heavy atom. The van der Waals surface area contributed by atoms with Crippen LogP contribution in [0.1, 0.15) is 16.1 Å². The van der Waals surface area contributed by atoms with E-state index >= 15 is 0 Å². The van der Waals surface area contributed by atoms with Crippen LogP contribution in [-0.4, -0.2) is 15.0 Å². The molecule has 2 aromatic carbocycles. The number of halogens is 5. The van der Waals surface area contributed by atoms with Crippen LogP contribution >= 0.6 is 34.5 Å². The molecule has 0 atom stereocenters. The number of rotatable bonds is 4. The number of hydrogen-bond donors (Lipinski definition) is 1. The van der Waals surface area contributed by atoms with Crippen molar-refractivity contribution in [3.05, 3.63) is 75.0 Å². The Labute approximate surface area is 177 Å². The molecule has 0 bridgehead atoms. The molecule has 0 aliphatic rings. The molecule has 10 heteroatoms. The van der Waals surface area contributed by atoms with E-state index in [4.69, 9.17) is 23.2 Å². The van der Waals surface area contributed by atoms with Gasteiger partial charge in [0.25, 0.3) is 0 Å². The van der Waals surface area contributed by atoms with E-state index in [2.05, 4.69) is 20.3 Å². The summed E-state index contributed by atoms with van der Waals surface area (Å²) < 4.78 is 39.8. The van der Waals surface area contributed by atoms with E-state index in [-0.39, 0.29) is 11.5 Å². The number of alkyl halides is 3. The number of nitrogens with zero attached hydrogens (tertiary/aromatic N) is 3. The van der Waals surface area contributed by atoms with E-state index in [1.807, 2.05) is 0 Å². The average molecular weight is 455 g/mol. The maximum Gasteiger partial charge on any atom is 0.418 e. The Balaban J connectivity index is 1.71. The molecule has 4 rings (SSSR count). The second-order valence-electron chi connectivity index (χ2n) is 6.03. The highest BCUT2D eigenvalue weighted by Gasteiger charge is 2.33. The van der Waals surface area contributed by atoms with Crippen LogP contribution in [0.5, 0.6) is 0 Å². The Morgan fingerprint density at radius 1 is 0.966 bits per heavy atom. The molecule has 0 saturated carbocycles. The topological polar surface area (TPSA) is 50.7 Å². The molecule has 0 unspecified atom stereocenters. The molecule has 29 heavy (non-hydrogen) atoms. The molecule has 2 heterocycles. The van der Waals surface area contributed by atoms with Crippen molar-refractivity contribution in [3.8, 4) is 0 Å². The van der Waals surface area contributed by atoms with Crippen molar-refractivity contribution in [1.29, 1.82) is 0 Å². The van der Waals surface area contributed by atoms with Crippen molar-refractivity contribution >= 4 is 56.4 Å². The number of thiazole rings is 1. The number of hydrogen-bond acceptors (Lipinski definition) is 5. The molecule has 0 fully saturated rings. The zero-order valence-electron chi connectivity index (χ0n) is 14.5. The van der Waals surface area contributed by atoms with Crippen molar-refractivity contribution in [2.75, 3.05) is 5.32 Å². The summed E-state index contributed by atoms with van der Waals surface area (Å²) in [6, 6.07) is 10.4. The lowest BCUT2D eigenvalue weighted by atomic mass is 10.1. The summed E-state index contributed by atoms with van der Waals surface area (Å²) in [5, 5.41) is 4.44. The summed E-state index contributed by atoms with van der Waals surface area (Å²) in [7, 11) is 0. The smallest absolute Gasteiger partial charge is 0.338 e. The highest BCUT2D eigenvalue weighted by Crippen LogP contribution is 2.37. The van der Waals surface area contributed by atoms with Gasteiger partial charge < -0.3 is 5.32 Å². The summed E-state index contributed by atoms with van der Waals surface area (Å²) in [6.45, 7) is 0. The highest BCUT2D eigenvalue weighted by molar-refractivity contribution is 7.18. The van der Waals surface area contributed by atoms with Gasteiger partial charge in [-0.25, -0.2) is 15.0 Å². The van der Waals surface area contributed by atoms with E-state index in [1.165, 1.54) is 35.9 Å². The summed E-state index contributed by atoms with van der Waals surface area (Å²) in [5.41, 5.74) is 0.209. The third-order valence-electron chi connectivity index (χ3n) is 4.11. The van der Waals surface area contributed by atoms with E-state index in [9.17, 15) is 13.2 Å². The molecule has 0 aliphatic heterocycles. The third-order valence-corrected chi connectivity index (χ3v) is 5.79. The van der Waals surface area contributed by atoms with Gasteiger partial charge in [-0.2, -0.15) is 13.2 Å². The first-order valence-electron chi connectivity index (χ1n) is 8.29. The highest BCUT2D eigenvalue weighted by atomic mass is 35.5. The van der Waals surface area contributed by atoms with E-state index in [0.717, 1.165) is 11.6 Å². The van der Waals surface area contributed by atoms with Crippen LogP contribution < -0.4 is 5.32 Å². The van der Waals surface area contributed by atoms with Crippen LogP contribution in [-0.2, 0) is 12.6 Å². The lowest BCUT2D eigenvalue weighted by molar-refractivity contribution is -0.136. The number of nitrogens with one attached hydrogen (secondary N) is 1. The van der Waals surface area contributed by atoms with Crippen LogP contribution in [0, 0.1) is 0 Å². The minimum atomic E-state index is -4.50. The molecular formula is C19H11Cl2F3N4S. The normalized spacial score (nSPS) is 11.8. The summed E-state index contributed by atoms with van der Waals surface area (Å²) in [4.78, 5) is 13.3. The quantitative estimate of drug-likeness (QED) is 0.370. The SMILES string of the molecule is FC(F)(F)c1ccccc1Nc1ncnc2sc(Cc3c(Cl)cccc3Cl)nc12. The summed E-state index contributed by atoms with van der Waals surface area (Å²) in [5.74, 6) is 0.194. The van der Waals surface area contributed by atoms with Crippen molar-refractivity contribution in [3.63, 3.8) is 0 Å². The van der Waals surface area contributed by atoms with Gasteiger partial charge in [0, 0.05) is 16.5 Å². The van der Waals surface area contributed by atoms with Gasteiger partial charge in [0.05, 0.1) is 11.3 Å². The van der Waals surface area contributed by atoms with Crippen LogP contribution in [0.15, 0.2) is 48.8 Å². The Hall–Kier alpha value is -2.42. The van der Waals surface area contributed by atoms with Gasteiger partial charge in [-0.15, -0.1) is 0 Å². The fourth-order valence-electron chi connectivity index (χ4n) is 2.78. The third kappa shape index (κ3) is 4.14. The number of benzene rings is 2. The largest absolute Gasteiger partial charge is 0.418 e. The van der Waals surface area contributed by atoms with Crippen LogP contribution in [0.3, 0.4) is 0 Å². The zero-order valence-corrected chi connectivity index (χ0v) is 16.8. The van der Waals surface area contributed by atoms with E-state index in [0.29, 0.717) is 31.8 Å². The Bertz CT molecular complexity index is 1170. The second-order valence-corrected chi connectivity index (χ2v) is 7.91. The minimum absolute atomic E-state index is 0.108. The van der Waals surface area contributed by atoms with Crippen LogP contribution in [0.4, 0.5) is 24.7 Å². The van der Waals surface area contributed by atoms with Crippen molar-refractivity contribution in [2.24, 2.45) is 0 Å². The molecule has 0 radical (unpaired) electrons. The molecule has 0 spiro atoms. The zero-order chi connectivity index (χ0) is 20.6. The van der Waals surface area contributed by atoms with Gasteiger partial charge in [0.2, 0.25) is 0 Å². The second kappa shape index (κ2) is 7.78. The van der Waals surface area contributed by atoms with Crippen molar-refractivity contribution in [2.45, 2.75) is 12.6 Å². The molecule has 4 aromatic rings. The lowest BCUT2D eigenvalue weighted by Gasteiger charge is -2.13. The number of fused-ring (bicyclic) bond motifs is 1. The molecular weight excluding hydrogens is 444 g/mol. The monoisotopic (exact) mass is 454 g/mol. The molecule has 2 aromatic heterocycles. The molecule has 0 saturated heterocycles. The number of para-hydroxylation sites is 1. The van der Waals surface area contributed by atoms with Gasteiger partial charge in [0.15, 0.2) is 5.82 Å². The van der Waals surface area contributed by atoms with Crippen LogP contribution in [0.25, 0.3) is 10.3 Å². The average Bonchev–Trinajstić information content (AvgIpc) is 3.08. The van der Waals surface area contributed by atoms with Gasteiger partial charge in [-0.1, -0.05) is 52.7 Å². The number of anilines is 2. The van der Waals surface area contributed by atoms with Crippen LogP contribution in [0.2, 0.25) is 10.0 Å². The maximum absolute atomic E-state index is 13.3. The Morgan fingerprint density at radius 2 is 1.69 bits per heavy atom. The molecule has 4 nitrogen and oxygen atoms in total. The van der Waals surface area contributed by atoms with Gasteiger partial charge >= 0.3 is 6.18 Å². The molecule has 148 valence electrons. The standard InChI is InChI=1S/C19H11Cl2F3N4S/c20-12-5-3-6-13(21)10(12)8-15-28-16-17(25-9-26-18(16)29-15)27-14-7-2-1-4-11(14)19(22,23)24/h1-7,9H,8H2,(H,25,26,27). The predicted octanol–water partition coefficient (Wildman–Crippen LogP) is 6.75. The summed E-state index contributed by atoms with van der Waals surface area (Å²) in [6.07, 6.45) is -2.84. The Kier molecular flexibility index (Phi) is 5.33. The predicted molar refractivity (Wildman–Crippen MR) is 109 cm³/mol. The molecule has 0 amide bonds. The van der Waals surface area contributed by atoms with Gasteiger partial charge in [0.1, 0.15) is 21.7 Å². The minimum Gasteiger partial charge on any atom is -0.338 e. The van der Waals surface area contributed by atoms with Crippen molar-refractivity contribution in [1.82, 2.24) is 15.0 Å². The van der Waals surface area contributed by atoms with E-state index in [1.54, 1.807) is 18.2 Å². The first kappa shape index (κ1) is 19.9. The fourth-order valence-corrected chi connectivity index (χ4v) is 4.23. The fraction of sp³-hybridized carbons (Fsp3) is 0.105.